The number of ether oxygens (including phenoxy) is 2. The van der Waals surface area contributed by atoms with Crippen LogP contribution in [0.5, 0.6) is 5.75 Å². The number of nitrogens with one attached hydrogen (secondary N) is 1. The maximum atomic E-state index is 13.3. The fourth-order valence-corrected chi connectivity index (χ4v) is 4.85. The Bertz CT molecular complexity index is 1350. The van der Waals surface area contributed by atoms with Crippen molar-refractivity contribution in [3.05, 3.63) is 87.3 Å². The number of carbonyl (C=O) groups is 1. The molecule has 0 radical (unpaired) electrons. The molecule has 3 aromatic rings. The molecule has 1 atom stereocenters. The van der Waals surface area contributed by atoms with Gasteiger partial charge in [-0.25, -0.2) is 4.79 Å². The molecule has 7 heteroatoms. The van der Waals surface area contributed by atoms with Gasteiger partial charge in [-0.1, -0.05) is 41.3 Å². The monoisotopic (exact) mass is 492 g/mol. The Morgan fingerprint density at radius 1 is 1.12 bits per heavy atom. The fourth-order valence-electron chi connectivity index (χ4n) is 4.52. The lowest BCUT2D eigenvalue weighted by Crippen LogP contribution is -2.40. The quantitative estimate of drug-likeness (QED) is 0.411. The van der Waals surface area contributed by atoms with Crippen LogP contribution in [0.15, 0.2) is 65.4 Å². The van der Waals surface area contributed by atoms with E-state index in [0.29, 0.717) is 42.3 Å². The first-order valence-electron chi connectivity index (χ1n) is 11.0. The molecular weight excluding hydrogens is 471 g/mol. The highest BCUT2D eigenvalue weighted by atomic mass is 35.5. The first-order valence-corrected chi connectivity index (χ1v) is 11.8. The van der Waals surface area contributed by atoms with E-state index in [1.807, 2.05) is 42.5 Å². The van der Waals surface area contributed by atoms with Crippen molar-refractivity contribution in [2.75, 3.05) is 13.2 Å². The molecule has 5 rings (SSSR count). The third-order valence-corrected chi connectivity index (χ3v) is 6.67. The molecule has 0 saturated heterocycles. The van der Waals surface area contributed by atoms with E-state index in [9.17, 15) is 4.79 Å². The van der Waals surface area contributed by atoms with Crippen LogP contribution in [0.25, 0.3) is 10.9 Å². The number of aromatic amines is 1. The van der Waals surface area contributed by atoms with Gasteiger partial charge in [0.1, 0.15) is 24.2 Å². The molecule has 0 fully saturated rings. The summed E-state index contributed by atoms with van der Waals surface area (Å²) in [7, 11) is 0. The molecule has 2 aliphatic rings. The Labute approximate surface area is 207 Å². The van der Waals surface area contributed by atoms with E-state index in [1.165, 1.54) is 0 Å². The number of hydrogen-bond acceptors (Lipinski definition) is 3. The van der Waals surface area contributed by atoms with Crippen LogP contribution in [-0.2, 0) is 11.2 Å². The van der Waals surface area contributed by atoms with E-state index in [4.69, 9.17) is 39.1 Å². The summed E-state index contributed by atoms with van der Waals surface area (Å²) in [5.74, 6) is 3.75. The lowest BCUT2D eigenvalue weighted by molar-refractivity contribution is 0.110. The number of allylic oxidation sites excluding steroid dienone is 4. The zero-order valence-electron chi connectivity index (χ0n) is 18.3. The van der Waals surface area contributed by atoms with Crippen molar-refractivity contribution in [2.45, 2.75) is 25.3 Å². The average Bonchev–Trinajstić information content (AvgIpc) is 3.21. The second-order valence-electron chi connectivity index (χ2n) is 8.23. The summed E-state index contributed by atoms with van der Waals surface area (Å²) in [5, 5.41) is 2.51. The summed E-state index contributed by atoms with van der Waals surface area (Å²) in [5.41, 5.74) is 4.03. The van der Waals surface area contributed by atoms with Crippen LogP contribution in [0.1, 0.15) is 35.7 Å². The van der Waals surface area contributed by atoms with Gasteiger partial charge >= 0.3 is 6.09 Å². The van der Waals surface area contributed by atoms with Crippen molar-refractivity contribution in [2.24, 2.45) is 0 Å². The number of terminal acetylenes is 1. The second-order valence-corrected chi connectivity index (χ2v) is 9.15. The van der Waals surface area contributed by atoms with E-state index in [2.05, 4.69) is 10.9 Å². The lowest BCUT2D eigenvalue weighted by Gasteiger charge is -2.35. The third kappa shape index (κ3) is 4.40. The van der Waals surface area contributed by atoms with E-state index in [-0.39, 0.29) is 12.6 Å². The minimum Gasteiger partial charge on any atom is -0.481 e. The molecule has 1 amide bonds. The summed E-state index contributed by atoms with van der Waals surface area (Å²) in [4.78, 5) is 18.6. The van der Waals surface area contributed by atoms with Crippen LogP contribution in [0.2, 0.25) is 5.02 Å². The van der Waals surface area contributed by atoms with Crippen LogP contribution in [-0.4, -0.2) is 29.1 Å². The van der Waals surface area contributed by atoms with Gasteiger partial charge < -0.3 is 14.5 Å². The Morgan fingerprint density at radius 2 is 1.94 bits per heavy atom. The van der Waals surface area contributed by atoms with Crippen LogP contribution < -0.4 is 4.74 Å². The molecule has 0 spiro atoms. The van der Waals surface area contributed by atoms with Gasteiger partial charge in [-0.15, -0.1) is 6.42 Å². The number of aromatic nitrogens is 1. The molecule has 2 heterocycles. The molecular formula is C27H22Cl2N2O3. The molecule has 1 aliphatic heterocycles. The summed E-state index contributed by atoms with van der Waals surface area (Å²) in [6.45, 7) is 0.705. The molecule has 0 unspecified atom stereocenters. The Hall–Kier alpha value is -3.33. The molecule has 172 valence electrons. The van der Waals surface area contributed by atoms with Gasteiger partial charge in [-0.05, 0) is 66.5 Å². The molecule has 1 N–H and O–H groups in total. The van der Waals surface area contributed by atoms with Crippen molar-refractivity contribution in [1.29, 1.82) is 0 Å². The normalized spacial score (nSPS) is 17.4. The SMILES string of the molecule is C#CCOc1ccc([C@H]2c3[nH]c4ccc(Cl)cc4c3CCN2C(=O)OC2=CC=C(Cl)CC2)cc1. The number of fused-ring (bicyclic) bond motifs is 3. The predicted octanol–water partition coefficient (Wildman–Crippen LogP) is 6.72. The maximum Gasteiger partial charge on any atom is 0.415 e. The number of H-pyrrole nitrogens is 1. The maximum absolute atomic E-state index is 13.3. The molecule has 1 aliphatic carbocycles. The summed E-state index contributed by atoms with van der Waals surface area (Å²) < 4.78 is 11.3. The van der Waals surface area contributed by atoms with Gasteiger partial charge in [0, 0.05) is 39.6 Å². The number of amides is 1. The minimum absolute atomic E-state index is 0.196. The number of halogens is 2. The van der Waals surface area contributed by atoms with Crippen molar-refractivity contribution in [3.8, 4) is 18.1 Å². The number of benzene rings is 2. The van der Waals surface area contributed by atoms with E-state index in [1.54, 1.807) is 17.1 Å². The molecule has 2 aromatic carbocycles. The first-order chi connectivity index (χ1) is 16.5. The molecule has 1 aromatic heterocycles. The van der Waals surface area contributed by atoms with Gasteiger partial charge in [0.25, 0.3) is 0 Å². The number of carbonyl (C=O) groups excluding carboxylic acids is 1. The van der Waals surface area contributed by atoms with Crippen LogP contribution in [0.4, 0.5) is 4.79 Å². The second kappa shape index (κ2) is 9.50. The Balaban J connectivity index is 1.53. The summed E-state index contributed by atoms with van der Waals surface area (Å²) in [6.07, 6.45) is 10.4. The highest BCUT2D eigenvalue weighted by Crippen LogP contribution is 2.40. The van der Waals surface area contributed by atoms with Crippen LogP contribution >= 0.6 is 23.2 Å². The molecule has 5 nitrogen and oxygen atoms in total. The molecule has 0 bridgehead atoms. The molecule has 34 heavy (non-hydrogen) atoms. The third-order valence-electron chi connectivity index (χ3n) is 6.12. The van der Waals surface area contributed by atoms with Gasteiger partial charge in [-0.3, -0.25) is 4.90 Å². The smallest absolute Gasteiger partial charge is 0.415 e. The van der Waals surface area contributed by atoms with E-state index in [0.717, 1.165) is 32.8 Å². The van der Waals surface area contributed by atoms with Gasteiger partial charge in [-0.2, -0.15) is 0 Å². The van der Waals surface area contributed by atoms with E-state index < -0.39 is 6.09 Å². The number of rotatable bonds is 4. The Kier molecular flexibility index (Phi) is 6.28. The van der Waals surface area contributed by atoms with Crippen molar-refractivity contribution in [3.63, 3.8) is 0 Å². The van der Waals surface area contributed by atoms with Gasteiger partial charge in [0.15, 0.2) is 0 Å². The molecule has 0 saturated carbocycles. The van der Waals surface area contributed by atoms with Crippen LogP contribution in [0, 0.1) is 12.3 Å². The number of nitrogens with zero attached hydrogens (tertiary/aromatic N) is 1. The highest BCUT2D eigenvalue weighted by Gasteiger charge is 2.36. The first kappa shape index (κ1) is 22.5. The number of hydrogen-bond donors (Lipinski definition) is 1. The fraction of sp³-hybridized carbons (Fsp3) is 0.222. The van der Waals surface area contributed by atoms with Crippen molar-refractivity contribution < 1.29 is 14.3 Å². The summed E-state index contributed by atoms with van der Waals surface area (Å²) in [6, 6.07) is 13.1. The standard InChI is InChI=1S/C27H22Cl2N2O3/c1-2-15-33-20-8-3-17(4-9-20)26-25-22(23-16-19(29)7-12-24(23)30-25)13-14-31(26)27(32)34-21-10-5-18(28)6-11-21/h1,3-5,7-10,12,16,26,30H,6,11,13-15H2/t26-/m0/s1. The lowest BCUT2D eigenvalue weighted by atomic mass is 9.92. The zero-order chi connectivity index (χ0) is 23.7. The Morgan fingerprint density at radius 3 is 2.68 bits per heavy atom. The zero-order valence-corrected chi connectivity index (χ0v) is 19.8. The van der Waals surface area contributed by atoms with Gasteiger partial charge in [0.05, 0.1) is 0 Å². The van der Waals surface area contributed by atoms with Crippen molar-refractivity contribution >= 4 is 40.2 Å². The average molecular weight is 493 g/mol. The summed E-state index contributed by atoms with van der Waals surface area (Å²) >= 11 is 12.3. The van der Waals surface area contributed by atoms with Gasteiger partial charge in [0.2, 0.25) is 0 Å². The minimum atomic E-state index is -0.391. The predicted molar refractivity (Wildman–Crippen MR) is 134 cm³/mol. The van der Waals surface area contributed by atoms with E-state index >= 15 is 0 Å². The van der Waals surface area contributed by atoms with Crippen LogP contribution in [0.3, 0.4) is 0 Å². The van der Waals surface area contributed by atoms with Crippen molar-refractivity contribution in [1.82, 2.24) is 9.88 Å². The largest absolute Gasteiger partial charge is 0.481 e. The topological polar surface area (TPSA) is 54.6 Å². The highest BCUT2D eigenvalue weighted by molar-refractivity contribution is 6.31.